The second-order valence-electron chi connectivity index (χ2n) is 4.37. The number of hydrogen-bond donors (Lipinski definition) is 2. The van der Waals surface area contributed by atoms with Crippen LogP contribution in [0.3, 0.4) is 0 Å². The van der Waals surface area contributed by atoms with Crippen LogP contribution in [0, 0.1) is 12.8 Å². The quantitative estimate of drug-likeness (QED) is 0.783. The Bertz CT molecular complexity index is 520. The number of aryl methyl sites for hydroxylation is 1. The van der Waals surface area contributed by atoms with E-state index in [2.05, 4.69) is 9.88 Å². The number of carboxylic acid groups (broad SMARTS) is 1. The van der Waals surface area contributed by atoms with Crippen LogP contribution < -0.4 is 4.72 Å². The molecule has 0 saturated heterocycles. The molecule has 1 atom stereocenters. The Balaban J connectivity index is 2.78. The highest BCUT2D eigenvalue weighted by Gasteiger charge is 2.27. The lowest BCUT2D eigenvalue weighted by Gasteiger charge is -2.17. The zero-order valence-corrected chi connectivity index (χ0v) is 11.2. The van der Waals surface area contributed by atoms with Crippen molar-refractivity contribution in [1.29, 1.82) is 0 Å². The van der Waals surface area contributed by atoms with Gasteiger partial charge in [-0.15, -0.1) is 0 Å². The summed E-state index contributed by atoms with van der Waals surface area (Å²) in [7, 11) is -3.78. The van der Waals surface area contributed by atoms with Crippen molar-refractivity contribution in [2.75, 3.05) is 0 Å². The average Bonchev–Trinajstić information content (AvgIpc) is 2.58. The molecule has 0 unspecified atom stereocenters. The molecule has 0 spiro atoms. The van der Waals surface area contributed by atoms with Crippen molar-refractivity contribution >= 4 is 16.0 Å². The standard InChI is InChI=1S/C10H16N2O5S/c1-6(2)9(10(13)14)12-18(15,16)5-8-4-7(3)11-17-8/h4,6,9,12H,5H2,1-3H3,(H,13,14)/t9-/m1/s1. The molecule has 0 radical (unpaired) electrons. The van der Waals surface area contributed by atoms with Crippen molar-refractivity contribution in [2.45, 2.75) is 32.6 Å². The number of aromatic nitrogens is 1. The van der Waals surface area contributed by atoms with E-state index in [0.29, 0.717) is 5.69 Å². The number of carbonyl (C=O) groups is 1. The smallest absolute Gasteiger partial charge is 0.321 e. The fourth-order valence-electron chi connectivity index (χ4n) is 1.38. The first-order valence-corrected chi connectivity index (χ1v) is 7.01. The Hall–Kier alpha value is -1.41. The molecule has 8 heteroatoms. The van der Waals surface area contributed by atoms with E-state index in [-0.39, 0.29) is 11.7 Å². The minimum Gasteiger partial charge on any atom is -0.480 e. The van der Waals surface area contributed by atoms with Crippen LogP contribution in [0.25, 0.3) is 0 Å². The molecule has 1 aromatic rings. The van der Waals surface area contributed by atoms with E-state index in [4.69, 9.17) is 9.63 Å². The Labute approximate surface area is 105 Å². The molecule has 1 rings (SSSR count). The SMILES string of the molecule is Cc1cc(CS(=O)(=O)N[C@@H](C(=O)O)C(C)C)on1. The molecule has 0 aliphatic carbocycles. The molecule has 0 aliphatic rings. The summed E-state index contributed by atoms with van der Waals surface area (Å²) in [4.78, 5) is 10.9. The average molecular weight is 276 g/mol. The predicted molar refractivity (Wildman–Crippen MR) is 63.3 cm³/mol. The minimum absolute atomic E-state index is 0.174. The van der Waals surface area contributed by atoms with Gasteiger partial charge in [-0.1, -0.05) is 19.0 Å². The maximum absolute atomic E-state index is 11.8. The summed E-state index contributed by atoms with van der Waals surface area (Å²) in [5.74, 6) is -1.81. The van der Waals surface area contributed by atoms with Crippen LogP contribution >= 0.6 is 0 Å². The molecular weight excluding hydrogens is 260 g/mol. The molecule has 0 saturated carbocycles. The molecule has 7 nitrogen and oxygen atoms in total. The maximum atomic E-state index is 11.8. The highest BCUT2D eigenvalue weighted by molar-refractivity contribution is 7.88. The van der Waals surface area contributed by atoms with Gasteiger partial charge >= 0.3 is 5.97 Å². The van der Waals surface area contributed by atoms with E-state index in [1.165, 1.54) is 6.07 Å². The van der Waals surface area contributed by atoms with E-state index >= 15 is 0 Å². The second kappa shape index (κ2) is 5.49. The van der Waals surface area contributed by atoms with E-state index in [1.54, 1.807) is 20.8 Å². The van der Waals surface area contributed by atoms with Crippen molar-refractivity contribution in [1.82, 2.24) is 9.88 Å². The number of rotatable bonds is 6. The van der Waals surface area contributed by atoms with E-state index in [9.17, 15) is 13.2 Å². The Morgan fingerprint density at radius 3 is 2.56 bits per heavy atom. The highest BCUT2D eigenvalue weighted by atomic mass is 32.2. The zero-order valence-electron chi connectivity index (χ0n) is 10.4. The third-order valence-corrected chi connectivity index (χ3v) is 3.53. The lowest BCUT2D eigenvalue weighted by atomic mass is 10.1. The van der Waals surface area contributed by atoms with Gasteiger partial charge in [-0.2, -0.15) is 0 Å². The van der Waals surface area contributed by atoms with Gasteiger partial charge < -0.3 is 9.63 Å². The Morgan fingerprint density at radius 1 is 1.56 bits per heavy atom. The van der Waals surface area contributed by atoms with Crippen LogP contribution in [0.5, 0.6) is 0 Å². The van der Waals surface area contributed by atoms with Crippen LogP contribution in [0.4, 0.5) is 0 Å². The zero-order chi connectivity index (χ0) is 13.9. The van der Waals surface area contributed by atoms with Crippen LogP contribution in [0.1, 0.15) is 25.3 Å². The number of nitrogens with one attached hydrogen (secondary N) is 1. The predicted octanol–water partition coefficient (Wildman–Crippen LogP) is 0.512. The van der Waals surface area contributed by atoms with Crippen molar-refractivity contribution in [3.63, 3.8) is 0 Å². The summed E-state index contributed by atoms with van der Waals surface area (Å²) in [5, 5.41) is 12.5. The Kier molecular flexibility index (Phi) is 4.47. The fraction of sp³-hybridized carbons (Fsp3) is 0.600. The molecule has 102 valence electrons. The molecule has 2 N–H and O–H groups in total. The first-order valence-electron chi connectivity index (χ1n) is 5.36. The second-order valence-corrected chi connectivity index (χ2v) is 6.13. The first-order chi connectivity index (χ1) is 8.21. The summed E-state index contributed by atoms with van der Waals surface area (Å²) < 4.78 is 30.5. The number of sulfonamides is 1. The summed E-state index contributed by atoms with van der Waals surface area (Å²) in [6.07, 6.45) is 0. The monoisotopic (exact) mass is 276 g/mol. The summed E-state index contributed by atoms with van der Waals surface area (Å²) in [6, 6.07) is 0.337. The van der Waals surface area contributed by atoms with Gasteiger partial charge in [0.1, 0.15) is 11.8 Å². The molecule has 1 heterocycles. The summed E-state index contributed by atoms with van der Waals surface area (Å²) in [6.45, 7) is 4.92. The highest BCUT2D eigenvalue weighted by Crippen LogP contribution is 2.09. The van der Waals surface area contributed by atoms with Crippen molar-refractivity contribution in [3.8, 4) is 0 Å². The van der Waals surface area contributed by atoms with Crippen molar-refractivity contribution in [3.05, 3.63) is 17.5 Å². The van der Waals surface area contributed by atoms with E-state index in [1.807, 2.05) is 0 Å². The number of hydrogen-bond acceptors (Lipinski definition) is 5. The molecule has 0 fully saturated rings. The minimum atomic E-state index is -3.78. The van der Waals surface area contributed by atoms with Crippen LogP contribution in [0.2, 0.25) is 0 Å². The van der Waals surface area contributed by atoms with Gasteiger partial charge in [-0.25, -0.2) is 13.1 Å². The topological polar surface area (TPSA) is 110 Å². The molecular formula is C10H16N2O5S. The summed E-state index contributed by atoms with van der Waals surface area (Å²) >= 11 is 0. The van der Waals surface area contributed by atoms with Crippen molar-refractivity contribution in [2.24, 2.45) is 5.92 Å². The van der Waals surface area contributed by atoms with Crippen LogP contribution in [-0.2, 0) is 20.6 Å². The molecule has 0 aliphatic heterocycles. The first kappa shape index (κ1) is 14.7. The van der Waals surface area contributed by atoms with Gasteiger partial charge in [0.05, 0.1) is 5.69 Å². The van der Waals surface area contributed by atoms with Gasteiger partial charge in [0, 0.05) is 6.07 Å². The van der Waals surface area contributed by atoms with E-state index < -0.39 is 27.8 Å². The van der Waals surface area contributed by atoms with Gasteiger partial charge in [0.15, 0.2) is 5.76 Å². The van der Waals surface area contributed by atoms with Gasteiger partial charge in [0.2, 0.25) is 10.0 Å². The molecule has 0 bridgehead atoms. The number of carboxylic acids is 1. The molecule has 18 heavy (non-hydrogen) atoms. The maximum Gasteiger partial charge on any atom is 0.321 e. The largest absolute Gasteiger partial charge is 0.480 e. The van der Waals surface area contributed by atoms with Gasteiger partial charge in [-0.05, 0) is 12.8 Å². The molecule has 0 amide bonds. The number of aliphatic carboxylic acids is 1. The normalized spacial score (nSPS) is 13.8. The van der Waals surface area contributed by atoms with Gasteiger partial charge in [-0.3, -0.25) is 4.79 Å². The molecule has 1 aromatic heterocycles. The Morgan fingerprint density at radius 2 is 2.17 bits per heavy atom. The van der Waals surface area contributed by atoms with Crippen LogP contribution in [0.15, 0.2) is 10.6 Å². The third-order valence-electron chi connectivity index (χ3n) is 2.25. The lowest BCUT2D eigenvalue weighted by molar-refractivity contribution is -0.140. The molecule has 0 aromatic carbocycles. The van der Waals surface area contributed by atoms with Crippen LogP contribution in [-0.4, -0.2) is 30.7 Å². The number of nitrogens with zero attached hydrogens (tertiary/aromatic N) is 1. The van der Waals surface area contributed by atoms with Crippen molar-refractivity contribution < 1.29 is 22.8 Å². The third kappa shape index (κ3) is 4.11. The summed E-state index contributed by atoms with van der Waals surface area (Å²) in [5.41, 5.74) is 0.568. The van der Waals surface area contributed by atoms with E-state index in [0.717, 1.165) is 0 Å². The van der Waals surface area contributed by atoms with Gasteiger partial charge in [0.25, 0.3) is 0 Å². The fourth-order valence-corrected chi connectivity index (χ4v) is 2.73. The lowest BCUT2D eigenvalue weighted by Crippen LogP contribution is -2.44.